The van der Waals surface area contributed by atoms with E-state index >= 15 is 0 Å². The van der Waals surface area contributed by atoms with Crippen LogP contribution in [0.4, 0.5) is 5.69 Å². The van der Waals surface area contributed by atoms with Crippen LogP contribution in [0.15, 0.2) is 47.5 Å². The van der Waals surface area contributed by atoms with Crippen LogP contribution in [0.5, 0.6) is 0 Å². The number of halogens is 1. The zero-order chi connectivity index (χ0) is 40.4. The van der Waals surface area contributed by atoms with Crippen LogP contribution in [0.3, 0.4) is 0 Å². The smallest absolute Gasteiger partial charge is 0.262 e. The number of rotatable bonds is 7. The first-order chi connectivity index (χ1) is 27.9. The number of fused-ring (bicyclic) bond motifs is 4. The maximum Gasteiger partial charge on any atom is 0.262 e. The van der Waals surface area contributed by atoms with Gasteiger partial charge in [-0.25, -0.2) is 0 Å². The van der Waals surface area contributed by atoms with Crippen LogP contribution >= 0.6 is 22.9 Å². The fraction of sp³-hybridized carbons (Fsp3) is 0.429. The second-order valence-electron chi connectivity index (χ2n) is 15.9. The second-order valence-corrected chi connectivity index (χ2v) is 17.5. The Kier molecular flexibility index (Phi) is 10.0. The molecule has 300 valence electrons. The molecule has 14 nitrogen and oxygen atoms in total. The lowest BCUT2D eigenvalue weighted by Crippen LogP contribution is -2.54. The van der Waals surface area contributed by atoms with Crippen molar-refractivity contribution in [2.24, 2.45) is 10.9 Å². The molecule has 3 saturated heterocycles. The summed E-state index contributed by atoms with van der Waals surface area (Å²) in [5.41, 5.74) is 5.42. The summed E-state index contributed by atoms with van der Waals surface area (Å²) in [5, 5.41) is 12.9. The molecule has 3 fully saturated rings. The molecule has 2 aromatic carbocycles. The highest BCUT2D eigenvalue weighted by molar-refractivity contribution is 7.15. The summed E-state index contributed by atoms with van der Waals surface area (Å²) in [5.74, 6) is -0.0217. The normalized spacial score (nSPS) is 21.4. The van der Waals surface area contributed by atoms with Gasteiger partial charge in [0.05, 0.1) is 23.3 Å². The van der Waals surface area contributed by atoms with Crippen LogP contribution in [0.25, 0.3) is 5.00 Å². The first-order valence-corrected chi connectivity index (χ1v) is 21.1. The molecule has 0 aliphatic carbocycles. The Morgan fingerprint density at radius 2 is 1.60 bits per heavy atom. The standard InChI is InChI=1S/C42H44ClN9O5S/c1-23-24(2)58-42-36(23)37(27-4-6-28(43)7-5-27)44-32(38-47-46-25(3)51(38)42)21-35(54)50-14-12-26(13-15-50)22-48-16-18-49(19-17-48)29-8-9-30-31(20-29)41(57)52(40(30)56)33-10-11-34(53)45-39(33)55/h4-9,20,26,32-33H,10-19,21-22H2,1-3H3,(H,45,53,55)/t32-,33?/m0/s1. The number of carbonyl (C=O) groups excluding carboxylic acids is 5. The average molecular weight is 822 g/mol. The third kappa shape index (κ3) is 6.82. The number of nitrogens with zero attached hydrogens (tertiary/aromatic N) is 8. The molecule has 7 heterocycles. The molecule has 0 bridgehead atoms. The lowest BCUT2D eigenvalue weighted by molar-refractivity contribution is -0.136. The van der Waals surface area contributed by atoms with Crippen LogP contribution in [0.2, 0.25) is 5.02 Å². The number of hydrogen-bond acceptors (Lipinski definition) is 11. The number of piperidine rings is 2. The topological polar surface area (TPSA) is 153 Å². The van der Waals surface area contributed by atoms with E-state index < -0.39 is 35.7 Å². The van der Waals surface area contributed by atoms with Gasteiger partial charge in [0.2, 0.25) is 17.7 Å². The van der Waals surface area contributed by atoms with Crippen molar-refractivity contribution >= 4 is 63.9 Å². The van der Waals surface area contributed by atoms with E-state index in [-0.39, 0.29) is 30.7 Å². The molecular formula is C42H44ClN9O5S. The molecule has 1 N–H and O–H groups in total. The molecule has 2 aromatic heterocycles. The van der Waals surface area contributed by atoms with Gasteiger partial charge in [0.1, 0.15) is 22.9 Å². The Balaban J connectivity index is 0.812. The maximum absolute atomic E-state index is 14.0. The fourth-order valence-electron chi connectivity index (χ4n) is 9.00. The molecule has 4 aromatic rings. The van der Waals surface area contributed by atoms with Crippen molar-refractivity contribution in [1.29, 1.82) is 0 Å². The maximum atomic E-state index is 14.0. The molecule has 0 saturated carbocycles. The summed E-state index contributed by atoms with van der Waals surface area (Å²) in [4.78, 5) is 78.8. The number of amides is 5. The number of aromatic nitrogens is 3. The van der Waals surface area contributed by atoms with Gasteiger partial charge in [-0.3, -0.25) is 48.6 Å². The molecule has 0 spiro atoms. The first-order valence-electron chi connectivity index (χ1n) is 19.9. The number of nitrogens with one attached hydrogen (secondary N) is 1. The van der Waals surface area contributed by atoms with E-state index in [4.69, 9.17) is 16.6 Å². The lowest BCUT2D eigenvalue weighted by atomic mass is 9.95. The number of aryl methyl sites for hydroxylation is 2. The Labute approximate surface area is 344 Å². The van der Waals surface area contributed by atoms with Crippen LogP contribution in [0.1, 0.15) is 92.1 Å². The first kappa shape index (κ1) is 38.3. The summed E-state index contributed by atoms with van der Waals surface area (Å²) in [7, 11) is 0. The number of benzene rings is 2. The zero-order valence-corrected chi connectivity index (χ0v) is 34.2. The van der Waals surface area contributed by atoms with Gasteiger partial charge in [0.15, 0.2) is 5.82 Å². The van der Waals surface area contributed by atoms with Gasteiger partial charge in [-0.15, -0.1) is 21.5 Å². The molecule has 0 radical (unpaired) electrons. The number of likely N-dealkylation sites (tertiary alicyclic amines) is 1. The summed E-state index contributed by atoms with van der Waals surface area (Å²) in [6.45, 7) is 11.8. The van der Waals surface area contributed by atoms with Crippen LogP contribution in [0, 0.1) is 26.7 Å². The van der Waals surface area contributed by atoms with E-state index in [1.54, 1.807) is 23.5 Å². The van der Waals surface area contributed by atoms with Crippen molar-refractivity contribution < 1.29 is 24.0 Å². The van der Waals surface area contributed by atoms with E-state index in [2.05, 4.69) is 43.7 Å². The highest BCUT2D eigenvalue weighted by Crippen LogP contribution is 2.40. The number of hydrogen-bond donors (Lipinski definition) is 1. The molecule has 5 amide bonds. The third-order valence-corrected chi connectivity index (χ3v) is 13.8. The Morgan fingerprint density at radius 1 is 0.879 bits per heavy atom. The summed E-state index contributed by atoms with van der Waals surface area (Å²) in [6, 6.07) is 11.5. The predicted molar refractivity (Wildman–Crippen MR) is 219 cm³/mol. The Bertz CT molecular complexity index is 2390. The van der Waals surface area contributed by atoms with Crippen molar-refractivity contribution in [3.63, 3.8) is 0 Å². The molecular weight excluding hydrogens is 778 g/mol. The number of imide groups is 2. The van der Waals surface area contributed by atoms with Crippen molar-refractivity contribution in [2.45, 2.75) is 65.0 Å². The van der Waals surface area contributed by atoms with Crippen LogP contribution in [-0.4, -0.2) is 117 Å². The highest BCUT2D eigenvalue weighted by atomic mass is 35.5. The molecule has 9 rings (SSSR count). The fourth-order valence-corrected chi connectivity index (χ4v) is 10.3. The van der Waals surface area contributed by atoms with Crippen LogP contribution in [-0.2, 0) is 14.4 Å². The molecule has 5 aliphatic rings. The predicted octanol–water partition coefficient (Wildman–Crippen LogP) is 4.65. The van der Waals surface area contributed by atoms with Gasteiger partial charge in [-0.05, 0) is 81.8 Å². The van der Waals surface area contributed by atoms with E-state index in [9.17, 15) is 24.0 Å². The largest absolute Gasteiger partial charge is 0.369 e. The summed E-state index contributed by atoms with van der Waals surface area (Å²) in [6.07, 6.45) is 2.26. The number of thiophene rings is 1. The summed E-state index contributed by atoms with van der Waals surface area (Å²) < 4.78 is 2.08. The van der Waals surface area contributed by atoms with E-state index in [1.807, 2.05) is 42.2 Å². The number of aliphatic imine (C=N–C) groups is 1. The Hall–Kier alpha value is -5.25. The van der Waals surface area contributed by atoms with E-state index in [1.165, 1.54) is 4.88 Å². The second kappa shape index (κ2) is 15.2. The minimum absolute atomic E-state index is 0.0661. The monoisotopic (exact) mass is 821 g/mol. The van der Waals surface area contributed by atoms with Gasteiger partial charge < -0.3 is 9.80 Å². The molecule has 1 unspecified atom stereocenters. The van der Waals surface area contributed by atoms with Gasteiger partial charge in [-0.1, -0.05) is 23.7 Å². The van der Waals surface area contributed by atoms with Crippen molar-refractivity contribution in [2.75, 3.05) is 50.7 Å². The van der Waals surface area contributed by atoms with Crippen molar-refractivity contribution in [3.05, 3.63) is 91.8 Å². The average Bonchev–Trinajstić information content (AvgIpc) is 3.79. The van der Waals surface area contributed by atoms with Gasteiger partial charge >= 0.3 is 0 Å². The van der Waals surface area contributed by atoms with Crippen molar-refractivity contribution in [3.8, 4) is 5.00 Å². The summed E-state index contributed by atoms with van der Waals surface area (Å²) >= 11 is 7.97. The highest BCUT2D eigenvalue weighted by Gasteiger charge is 2.45. The number of piperazine rings is 1. The number of carbonyl (C=O) groups is 5. The van der Waals surface area contributed by atoms with E-state index in [0.29, 0.717) is 35.4 Å². The Morgan fingerprint density at radius 3 is 2.33 bits per heavy atom. The third-order valence-electron chi connectivity index (χ3n) is 12.4. The zero-order valence-electron chi connectivity index (χ0n) is 32.7. The molecule has 58 heavy (non-hydrogen) atoms. The molecule has 2 atom stereocenters. The SMILES string of the molecule is Cc1sc2c(c1C)C(c1ccc(Cl)cc1)=N[C@@H](CC(=O)N1CCC(CN3CCN(c4ccc5c(c4)C(=O)N(C4CCC(=O)NC4=O)C5=O)CC3)CC1)c1nnc(C)n1-2. The van der Waals surface area contributed by atoms with Crippen molar-refractivity contribution in [1.82, 2.24) is 34.8 Å². The minimum atomic E-state index is -0.983. The molecule has 5 aliphatic heterocycles. The van der Waals surface area contributed by atoms with Gasteiger partial charge in [0, 0.05) is 78.9 Å². The quantitative estimate of drug-likeness (QED) is 0.263. The van der Waals surface area contributed by atoms with Crippen LogP contribution < -0.4 is 10.2 Å². The van der Waals surface area contributed by atoms with E-state index in [0.717, 1.165) is 89.4 Å². The molecule has 16 heteroatoms. The lowest BCUT2D eigenvalue weighted by Gasteiger charge is -2.39. The van der Waals surface area contributed by atoms with Gasteiger partial charge in [-0.2, -0.15) is 0 Å². The minimum Gasteiger partial charge on any atom is -0.369 e. The number of anilines is 1. The van der Waals surface area contributed by atoms with Gasteiger partial charge in [0.25, 0.3) is 11.8 Å².